The first-order valence-electron chi connectivity index (χ1n) is 17.0. The van der Waals surface area contributed by atoms with Crippen LogP contribution in [0.2, 0.25) is 0 Å². The van der Waals surface area contributed by atoms with Crippen LogP contribution in [0.4, 0.5) is 8.78 Å². The summed E-state index contributed by atoms with van der Waals surface area (Å²) in [5, 5.41) is 19.9. The number of hydrogen-bond donors (Lipinski definition) is 2. The van der Waals surface area contributed by atoms with Gasteiger partial charge in [-0.2, -0.15) is 0 Å². The number of hydrogen-bond acceptors (Lipinski definition) is 7. The fourth-order valence-corrected chi connectivity index (χ4v) is 7.61. The zero-order chi connectivity index (χ0) is 34.0. The number of carbonyl (C=O) groups is 1. The van der Waals surface area contributed by atoms with E-state index in [9.17, 15) is 23.8 Å². The number of aliphatic carboxylic acids is 1. The van der Waals surface area contributed by atoms with Crippen LogP contribution in [0.25, 0.3) is 11.1 Å². The highest BCUT2D eigenvalue weighted by Gasteiger charge is 2.38. The summed E-state index contributed by atoms with van der Waals surface area (Å²) in [6.45, 7) is 6.58. The predicted octanol–water partition coefficient (Wildman–Crippen LogP) is 6.18. The highest BCUT2D eigenvalue weighted by Crippen LogP contribution is 2.41. The van der Waals surface area contributed by atoms with Crippen LogP contribution >= 0.6 is 0 Å². The molecular weight excluding hydrogens is 618 g/mol. The molecule has 2 N–H and O–H groups in total. The summed E-state index contributed by atoms with van der Waals surface area (Å²) in [5.74, 6) is -1.24. The monoisotopic (exact) mass is 664 g/mol. The van der Waals surface area contributed by atoms with Gasteiger partial charge in [-0.25, -0.2) is 8.78 Å². The van der Waals surface area contributed by atoms with Crippen LogP contribution < -0.4 is 14.2 Å². The van der Waals surface area contributed by atoms with Crippen molar-refractivity contribution in [1.82, 2.24) is 9.80 Å². The number of carboxylic acid groups (broad SMARTS) is 1. The molecule has 0 unspecified atom stereocenters. The summed E-state index contributed by atoms with van der Waals surface area (Å²) in [6.07, 6.45) is 2.91. The van der Waals surface area contributed by atoms with Crippen LogP contribution in [0.3, 0.4) is 0 Å². The summed E-state index contributed by atoms with van der Waals surface area (Å²) >= 11 is 0. The van der Waals surface area contributed by atoms with Gasteiger partial charge in [0.25, 0.3) is 5.92 Å². The number of fused-ring (bicyclic) bond motifs is 1. The van der Waals surface area contributed by atoms with E-state index >= 15 is 0 Å². The van der Waals surface area contributed by atoms with E-state index in [0.29, 0.717) is 51.6 Å². The number of nitrogens with zero attached hydrogens (tertiary/aromatic N) is 2. The van der Waals surface area contributed by atoms with E-state index in [1.807, 2.05) is 36.1 Å². The minimum absolute atomic E-state index is 0.0665. The number of likely N-dealkylation sites (tertiary alicyclic amines) is 2. The Labute approximate surface area is 281 Å². The lowest BCUT2D eigenvalue weighted by Crippen LogP contribution is -2.35. The molecule has 2 saturated heterocycles. The zero-order valence-corrected chi connectivity index (χ0v) is 28.1. The molecule has 0 amide bonds. The molecule has 0 spiro atoms. The van der Waals surface area contributed by atoms with Crippen molar-refractivity contribution in [3.8, 4) is 28.4 Å². The van der Waals surface area contributed by atoms with Crippen molar-refractivity contribution in [3.05, 3.63) is 75.8 Å². The molecule has 2 fully saturated rings. The van der Waals surface area contributed by atoms with Gasteiger partial charge in [-0.15, -0.1) is 0 Å². The van der Waals surface area contributed by atoms with Crippen molar-refractivity contribution in [2.24, 2.45) is 0 Å². The molecule has 0 bridgehead atoms. The average molecular weight is 665 g/mol. The number of rotatable bonds is 13. The lowest BCUT2D eigenvalue weighted by molar-refractivity contribution is -0.142. The Kier molecular flexibility index (Phi) is 10.2. The summed E-state index contributed by atoms with van der Waals surface area (Å²) in [6, 6.07) is 13.5. The molecular formula is C38H46F2N2O6. The Hall–Kier alpha value is -3.73. The van der Waals surface area contributed by atoms with Gasteiger partial charge in [0.1, 0.15) is 29.9 Å². The van der Waals surface area contributed by atoms with E-state index < -0.39 is 24.0 Å². The highest BCUT2D eigenvalue weighted by molar-refractivity contribution is 5.74. The number of carboxylic acids is 1. The number of aliphatic hydroxyl groups is 1. The maximum Gasteiger partial charge on any atom is 0.321 e. The molecule has 3 aliphatic rings. The number of aliphatic hydroxyl groups excluding tert-OH is 1. The highest BCUT2D eigenvalue weighted by atomic mass is 19.3. The van der Waals surface area contributed by atoms with Crippen molar-refractivity contribution in [1.29, 1.82) is 0 Å². The molecule has 0 radical (unpaired) electrons. The van der Waals surface area contributed by atoms with Gasteiger partial charge in [-0.1, -0.05) is 30.3 Å². The first kappa shape index (κ1) is 34.1. The Balaban J connectivity index is 1.15. The molecule has 0 aromatic heterocycles. The first-order valence-corrected chi connectivity index (χ1v) is 17.0. The number of ether oxygens (including phenoxy) is 3. The van der Waals surface area contributed by atoms with Gasteiger partial charge in [0.05, 0.1) is 26.4 Å². The van der Waals surface area contributed by atoms with Gasteiger partial charge in [0, 0.05) is 50.7 Å². The quantitative estimate of drug-likeness (QED) is 0.210. The number of alkyl halides is 2. The Morgan fingerprint density at radius 3 is 2.48 bits per heavy atom. The van der Waals surface area contributed by atoms with Crippen LogP contribution in [0.5, 0.6) is 17.2 Å². The largest absolute Gasteiger partial charge is 0.496 e. The fraction of sp³-hybridized carbons (Fsp3) is 0.500. The maximum absolute atomic E-state index is 13.5. The molecule has 2 aliphatic heterocycles. The lowest BCUT2D eigenvalue weighted by atomic mass is 9.93. The van der Waals surface area contributed by atoms with Gasteiger partial charge in [0.15, 0.2) is 0 Å². The van der Waals surface area contributed by atoms with Gasteiger partial charge >= 0.3 is 5.97 Å². The molecule has 3 aromatic rings. The number of β-amino-alcohol motifs (C(OH)–C–C–N with tert-alkyl or cyclic N) is 1. The first-order chi connectivity index (χ1) is 23.0. The normalized spacial score (nSPS) is 20.6. The standard InChI is InChI=1S/C38H46F2N2O6/c1-24-26(8-4-9-28(24)29-10-6-13-34(25(29)2)47-17-7-15-41-16-14-38(39,40)23-41)22-48-36-19-35(46-3)32(30-11-5-12-31(30)36)21-42-20-27(43)18-33(42)37(44)45/h4,6,8-10,13,19,27,33,43H,5,7,11-12,14-18,20-23H2,1-3H3,(H,44,45)/t27-,33+/m1/s1. The van der Waals surface area contributed by atoms with Gasteiger partial charge in [0.2, 0.25) is 0 Å². The van der Waals surface area contributed by atoms with E-state index in [-0.39, 0.29) is 19.4 Å². The van der Waals surface area contributed by atoms with Crippen LogP contribution in [0, 0.1) is 13.8 Å². The van der Waals surface area contributed by atoms with E-state index in [1.165, 1.54) is 0 Å². The molecule has 8 nitrogen and oxygen atoms in total. The third-order valence-corrected chi connectivity index (χ3v) is 10.2. The Morgan fingerprint density at radius 2 is 1.75 bits per heavy atom. The van der Waals surface area contributed by atoms with E-state index in [2.05, 4.69) is 25.1 Å². The second-order valence-corrected chi connectivity index (χ2v) is 13.4. The molecule has 2 heterocycles. The smallest absolute Gasteiger partial charge is 0.321 e. The molecule has 258 valence electrons. The second-order valence-electron chi connectivity index (χ2n) is 13.4. The average Bonchev–Trinajstić information content (AvgIpc) is 3.78. The van der Waals surface area contributed by atoms with E-state index in [0.717, 1.165) is 75.3 Å². The van der Waals surface area contributed by atoms with Gasteiger partial charge in [-0.3, -0.25) is 14.6 Å². The Morgan fingerprint density at radius 1 is 1.00 bits per heavy atom. The third kappa shape index (κ3) is 7.31. The van der Waals surface area contributed by atoms with Crippen LogP contribution in [-0.4, -0.2) is 83.9 Å². The van der Waals surface area contributed by atoms with Gasteiger partial charge in [-0.05, 0) is 84.5 Å². The summed E-state index contributed by atoms with van der Waals surface area (Å²) in [5.41, 5.74) is 8.65. The lowest BCUT2D eigenvalue weighted by Gasteiger charge is -2.25. The summed E-state index contributed by atoms with van der Waals surface area (Å²) < 4.78 is 45.5. The van der Waals surface area contributed by atoms with Crippen LogP contribution in [-0.2, 0) is 30.8 Å². The van der Waals surface area contributed by atoms with E-state index in [1.54, 1.807) is 12.0 Å². The second kappa shape index (κ2) is 14.4. The predicted molar refractivity (Wildman–Crippen MR) is 179 cm³/mol. The summed E-state index contributed by atoms with van der Waals surface area (Å²) in [7, 11) is 1.63. The van der Waals surface area contributed by atoms with Crippen LogP contribution in [0.15, 0.2) is 42.5 Å². The van der Waals surface area contributed by atoms with Crippen molar-refractivity contribution in [2.75, 3.05) is 39.9 Å². The molecule has 48 heavy (non-hydrogen) atoms. The van der Waals surface area contributed by atoms with Crippen LogP contribution in [0.1, 0.15) is 59.1 Å². The third-order valence-electron chi connectivity index (χ3n) is 10.2. The van der Waals surface area contributed by atoms with Gasteiger partial charge < -0.3 is 24.4 Å². The summed E-state index contributed by atoms with van der Waals surface area (Å²) in [4.78, 5) is 15.5. The van der Waals surface area contributed by atoms with Crippen molar-refractivity contribution >= 4 is 5.97 Å². The molecule has 1 aliphatic carbocycles. The van der Waals surface area contributed by atoms with Crippen molar-refractivity contribution in [2.45, 2.75) is 83.6 Å². The minimum atomic E-state index is -2.57. The minimum Gasteiger partial charge on any atom is -0.496 e. The topological polar surface area (TPSA) is 91.7 Å². The molecule has 0 saturated carbocycles. The molecule has 3 aromatic carbocycles. The fourth-order valence-electron chi connectivity index (χ4n) is 7.61. The Bertz CT molecular complexity index is 1650. The molecule has 10 heteroatoms. The van der Waals surface area contributed by atoms with E-state index in [4.69, 9.17) is 14.2 Å². The zero-order valence-electron chi connectivity index (χ0n) is 28.1. The van der Waals surface area contributed by atoms with Crippen molar-refractivity contribution in [3.63, 3.8) is 0 Å². The molecule has 2 atom stereocenters. The SMILES string of the molecule is COc1cc(OCc2cccc(-c3cccc(OCCCN4CCC(F)(F)C4)c3C)c2C)c2c(c1CN1C[C@H](O)C[C@H]1C(=O)O)CCC2. The maximum atomic E-state index is 13.5. The van der Waals surface area contributed by atoms with Crippen molar-refractivity contribution < 1.29 is 38.0 Å². The number of halogens is 2. The number of benzene rings is 3. The molecule has 6 rings (SSSR count). The number of methoxy groups -OCH3 is 1.